The summed E-state index contributed by atoms with van der Waals surface area (Å²) in [6, 6.07) is 4.02. The number of carboxylic acid groups (broad SMARTS) is 1. The predicted octanol–water partition coefficient (Wildman–Crippen LogP) is 1.39. The van der Waals surface area contributed by atoms with E-state index in [2.05, 4.69) is 0 Å². The molecule has 1 rings (SSSR count). The van der Waals surface area contributed by atoms with Gasteiger partial charge in [-0.1, -0.05) is 12.1 Å². The number of nitro groups is 1. The van der Waals surface area contributed by atoms with Crippen molar-refractivity contribution in [3.63, 3.8) is 0 Å². The standard InChI is InChI=1S/C12H16N2O6S/c1-9-5-3-6-10(14(17)18)12(9)21(19,20)13(2)8-4-7-11(15)16/h3,5-6H,4,7-8H2,1-2H3,(H,15,16). The number of sulfonamides is 1. The summed E-state index contributed by atoms with van der Waals surface area (Å²) >= 11 is 0. The van der Waals surface area contributed by atoms with Gasteiger partial charge < -0.3 is 5.11 Å². The molecule has 0 aliphatic carbocycles. The zero-order valence-corrected chi connectivity index (χ0v) is 12.5. The lowest BCUT2D eigenvalue weighted by molar-refractivity contribution is -0.387. The van der Waals surface area contributed by atoms with Gasteiger partial charge in [0.15, 0.2) is 4.90 Å². The Morgan fingerprint density at radius 2 is 2.05 bits per heavy atom. The lowest BCUT2D eigenvalue weighted by Crippen LogP contribution is -2.29. The molecule has 0 saturated heterocycles. The van der Waals surface area contributed by atoms with E-state index >= 15 is 0 Å². The number of aryl methyl sites for hydroxylation is 1. The minimum atomic E-state index is -4.04. The van der Waals surface area contributed by atoms with Gasteiger partial charge in [0.25, 0.3) is 5.69 Å². The molecule has 0 fully saturated rings. The van der Waals surface area contributed by atoms with Crippen LogP contribution >= 0.6 is 0 Å². The Morgan fingerprint density at radius 1 is 1.43 bits per heavy atom. The Morgan fingerprint density at radius 3 is 2.57 bits per heavy atom. The summed E-state index contributed by atoms with van der Waals surface area (Å²) in [4.78, 5) is 20.3. The maximum Gasteiger partial charge on any atom is 0.303 e. The maximum atomic E-state index is 12.4. The molecule has 1 N–H and O–H groups in total. The quantitative estimate of drug-likeness (QED) is 0.600. The van der Waals surface area contributed by atoms with Gasteiger partial charge in [0.1, 0.15) is 0 Å². The van der Waals surface area contributed by atoms with Crippen LogP contribution in [0.2, 0.25) is 0 Å². The summed E-state index contributed by atoms with van der Waals surface area (Å²) in [5, 5.41) is 19.5. The van der Waals surface area contributed by atoms with E-state index in [4.69, 9.17) is 5.11 Å². The van der Waals surface area contributed by atoms with Gasteiger partial charge >= 0.3 is 5.97 Å². The van der Waals surface area contributed by atoms with E-state index in [-0.39, 0.29) is 29.8 Å². The molecule has 0 radical (unpaired) electrons. The van der Waals surface area contributed by atoms with Crippen LogP contribution < -0.4 is 0 Å². The van der Waals surface area contributed by atoms with Crippen LogP contribution in [0.4, 0.5) is 5.69 Å². The zero-order valence-electron chi connectivity index (χ0n) is 11.6. The van der Waals surface area contributed by atoms with Gasteiger partial charge in [-0.15, -0.1) is 0 Å². The first-order valence-corrected chi connectivity index (χ1v) is 7.54. The Labute approximate surface area is 122 Å². The van der Waals surface area contributed by atoms with Crippen LogP contribution in [0.3, 0.4) is 0 Å². The summed E-state index contributed by atoms with van der Waals surface area (Å²) in [6.45, 7) is 1.45. The van der Waals surface area contributed by atoms with Gasteiger partial charge in [-0.05, 0) is 18.9 Å². The SMILES string of the molecule is Cc1cccc([N+](=O)[O-])c1S(=O)(=O)N(C)CCCC(=O)O. The van der Waals surface area contributed by atoms with E-state index in [1.54, 1.807) is 0 Å². The molecule has 0 amide bonds. The highest BCUT2D eigenvalue weighted by Gasteiger charge is 2.31. The summed E-state index contributed by atoms with van der Waals surface area (Å²) in [6.07, 6.45) is -0.0412. The van der Waals surface area contributed by atoms with Crippen molar-refractivity contribution in [2.24, 2.45) is 0 Å². The van der Waals surface area contributed by atoms with E-state index < -0.39 is 26.6 Å². The summed E-state index contributed by atoms with van der Waals surface area (Å²) in [5.41, 5.74) is -0.214. The molecule has 0 bridgehead atoms. The number of hydrogen-bond acceptors (Lipinski definition) is 5. The molecule has 1 aromatic rings. The first-order valence-electron chi connectivity index (χ1n) is 6.10. The fraction of sp³-hybridized carbons (Fsp3) is 0.417. The van der Waals surface area contributed by atoms with Gasteiger partial charge in [-0.25, -0.2) is 12.7 Å². The Kier molecular flexibility index (Phi) is 5.39. The molecule has 21 heavy (non-hydrogen) atoms. The number of nitro benzene ring substituents is 1. The molecule has 0 unspecified atom stereocenters. The second-order valence-corrected chi connectivity index (χ2v) is 6.49. The van der Waals surface area contributed by atoms with Gasteiger partial charge in [-0.2, -0.15) is 0 Å². The van der Waals surface area contributed by atoms with Crippen LogP contribution in [0.15, 0.2) is 23.1 Å². The van der Waals surface area contributed by atoms with Gasteiger partial charge in [-0.3, -0.25) is 14.9 Å². The first kappa shape index (κ1) is 17.1. The van der Waals surface area contributed by atoms with Crippen molar-refractivity contribution in [3.05, 3.63) is 33.9 Å². The lowest BCUT2D eigenvalue weighted by atomic mass is 10.2. The largest absolute Gasteiger partial charge is 0.481 e. The number of carbonyl (C=O) groups is 1. The minimum Gasteiger partial charge on any atom is -0.481 e. The molecule has 0 aromatic heterocycles. The molecule has 0 aliphatic heterocycles. The number of benzene rings is 1. The summed E-state index contributed by atoms with van der Waals surface area (Å²) < 4.78 is 25.8. The van der Waals surface area contributed by atoms with Gasteiger partial charge in [0, 0.05) is 26.1 Å². The average Bonchev–Trinajstić information content (AvgIpc) is 2.37. The molecule has 8 nitrogen and oxygen atoms in total. The first-order chi connectivity index (χ1) is 9.67. The highest BCUT2D eigenvalue weighted by molar-refractivity contribution is 7.89. The Bertz CT molecular complexity index is 656. The molecule has 0 aliphatic rings. The van der Waals surface area contributed by atoms with Crippen molar-refractivity contribution < 1.29 is 23.2 Å². The van der Waals surface area contributed by atoms with Gasteiger partial charge in [0.2, 0.25) is 10.0 Å². The highest BCUT2D eigenvalue weighted by atomic mass is 32.2. The van der Waals surface area contributed by atoms with E-state index in [9.17, 15) is 23.3 Å². The number of carboxylic acids is 1. The fourth-order valence-corrected chi connectivity index (χ4v) is 3.41. The van der Waals surface area contributed by atoms with Crippen molar-refractivity contribution in [3.8, 4) is 0 Å². The molecular weight excluding hydrogens is 300 g/mol. The molecule has 0 heterocycles. The Balaban J connectivity index is 3.13. The van der Waals surface area contributed by atoms with Crippen molar-refractivity contribution in [2.75, 3.05) is 13.6 Å². The summed E-state index contributed by atoms with van der Waals surface area (Å²) in [5.74, 6) is -1.03. The number of aliphatic carboxylic acids is 1. The topological polar surface area (TPSA) is 118 Å². The number of nitrogens with zero attached hydrogens (tertiary/aromatic N) is 2. The van der Waals surface area contributed by atoms with E-state index in [1.807, 2.05) is 0 Å². The second kappa shape index (κ2) is 6.64. The van der Waals surface area contributed by atoms with Crippen molar-refractivity contribution >= 4 is 21.7 Å². The average molecular weight is 316 g/mol. The van der Waals surface area contributed by atoms with Crippen LogP contribution in [0.5, 0.6) is 0 Å². The monoisotopic (exact) mass is 316 g/mol. The fourth-order valence-electron chi connectivity index (χ4n) is 1.85. The van der Waals surface area contributed by atoms with Crippen molar-refractivity contribution in [1.82, 2.24) is 4.31 Å². The molecule has 0 atom stereocenters. The van der Waals surface area contributed by atoms with Gasteiger partial charge in [0.05, 0.1) is 4.92 Å². The lowest BCUT2D eigenvalue weighted by Gasteiger charge is -2.18. The Hall–Kier alpha value is -2.00. The molecule has 0 spiro atoms. The molecule has 0 saturated carbocycles. The van der Waals surface area contributed by atoms with E-state index in [0.717, 1.165) is 10.4 Å². The molecule has 1 aromatic carbocycles. The van der Waals surface area contributed by atoms with Crippen molar-refractivity contribution in [1.29, 1.82) is 0 Å². The van der Waals surface area contributed by atoms with Crippen LogP contribution in [0, 0.1) is 17.0 Å². The van der Waals surface area contributed by atoms with Crippen LogP contribution in [-0.4, -0.2) is 42.3 Å². The molecule has 9 heteroatoms. The third-order valence-electron chi connectivity index (χ3n) is 2.92. The second-order valence-electron chi connectivity index (χ2n) is 4.50. The summed E-state index contributed by atoms with van der Waals surface area (Å²) in [7, 11) is -2.77. The van der Waals surface area contributed by atoms with Crippen LogP contribution in [-0.2, 0) is 14.8 Å². The van der Waals surface area contributed by atoms with E-state index in [0.29, 0.717) is 0 Å². The number of hydrogen-bond donors (Lipinski definition) is 1. The third-order valence-corrected chi connectivity index (χ3v) is 4.97. The normalized spacial score (nSPS) is 11.6. The van der Waals surface area contributed by atoms with E-state index in [1.165, 1.54) is 26.1 Å². The number of rotatable bonds is 7. The third kappa shape index (κ3) is 3.99. The predicted molar refractivity (Wildman–Crippen MR) is 74.5 cm³/mol. The smallest absolute Gasteiger partial charge is 0.303 e. The van der Waals surface area contributed by atoms with Crippen LogP contribution in [0.1, 0.15) is 18.4 Å². The highest BCUT2D eigenvalue weighted by Crippen LogP contribution is 2.29. The molecule has 116 valence electrons. The minimum absolute atomic E-state index is 0.0277. The molecular formula is C12H16N2O6S. The van der Waals surface area contributed by atoms with Crippen LogP contribution in [0.25, 0.3) is 0 Å². The zero-order chi connectivity index (χ0) is 16.2. The maximum absolute atomic E-state index is 12.4. The van der Waals surface area contributed by atoms with Crippen molar-refractivity contribution in [2.45, 2.75) is 24.7 Å².